The van der Waals surface area contributed by atoms with E-state index in [9.17, 15) is 0 Å². The number of piperidine rings is 1. The quantitative estimate of drug-likeness (QED) is 0.445. The molecule has 1 aromatic carbocycles. The largest absolute Gasteiger partial charge is 0.496 e. The van der Waals surface area contributed by atoms with Gasteiger partial charge in [0.05, 0.1) is 12.8 Å². The van der Waals surface area contributed by atoms with Gasteiger partial charge in [-0.15, -0.1) is 0 Å². The maximum absolute atomic E-state index is 5.51. The molecular formula is C19H24N4OS. The lowest BCUT2D eigenvalue weighted by atomic mass is 10.1. The fraction of sp³-hybridized carbons (Fsp3) is 0.421. The molecule has 1 saturated heterocycles. The van der Waals surface area contributed by atoms with Crippen LogP contribution in [0.2, 0.25) is 0 Å². The van der Waals surface area contributed by atoms with Crippen LogP contribution in [0.25, 0.3) is 0 Å². The van der Waals surface area contributed by atoms with E-state index >= 15 is 0 Å². The van der Waals surface area contributed by atoms with Crippen molar-refractivity contribution in [2.24, 2.45) is 5.10 Å². The first-order valence-electron chi connectivity index (χ1n) is 8.63. The van der Waals surface area contributed by atoms with Crippen molar-refractivity contribution in [1.29, 1.82) is 0 Å². The van der Waals surface area contributed by atoms with E-state index in [4.69, 9.17) is 9.84 Å². The van der Waals surface area contributed by atoms with Crippen molar-refractivity contribution in [2.75, 3.05) is 20.2 Å². The summed E-state index contributed by atoms with van der Waals surface area (Å²) in [7, 11) is 1.71. The monoisotopic (exact) mass is 356 g/mol. The van der Waals surface area contributed by atoms with Gasteiger partial charge in [-0.1, -0.05) is 11.8 Å². The molecule has 2 heterocycles. The lowest BCUT2D eigenvalue weighted by Gasteiger charge is -2.24. The molecule has 1 fully saturated rings. The van der Waals surface area contributed by atoms with Crippen LogP contribution in [0.1, 0.15) is 37.3 Å². The first-order chi connectivity index (χ1) is 12.3. The molecule has 25 heavy (non-hydrogen) atoms. The van der Waals surface area contributed by atoms with Crippen LogP contribution in [-0.2, 0) is 5.75 Å². The van der Waals surface area contributed by atoms with E-state index in [1.807, 2.05) is 12.1 Å². The molecule has 2 aromatic rings. The summed E-state index contributed by atoms with van der Waals surface area (Å²) in [5, 5.41) is 7.76. The van der Waals surface area contributed by atoms with Gasteiger partial charge in [0.25, 0.3) is 0 Å². The average molecular weight is 356 g/mol. The molecule has 132 valence electrons. The fourth-order valence-electron chi connectivity index (χ4n) is 2.87. The maximum Gasteiger partial charge on any atom is 0.187 e. The second-order valence-electron chi connectivity index (χ2n) is 6.05. The van der Waals surface area contributed by atoms with Crippen molar-refractivity contribution in [3.8, 4) is 5.75 Å². The van der Waals surface area contributed by atoms with Crippen molar-refractivity contribution in [1.82, 2.24) is 15.0 Å². The number of nitrogens with zero attached hydrogens (tertiary/aromatic N) is 4. The van der Waals surface area contributed by atoms with Crippen LogP contribution in [0.4, 0.5) is 0 Å². The lowest BCUT2D eigenvalue weighted by molar-refractivity contribution is 0.239. The van der Waals surface area contributed by atoms with Gasteiger partial charge in [-0.25, -0.2) is 9.97 Å². The number of rotatable bonds is 6. The molecule has 1 aliphatic rings. The normalized spacial score (nSPS) is 15.3. The Bertz CT molecular complexity index is 715. The van der Waals surface area contributed by atoms with Crippen LogP contribution < -0.4 is 4.74 Å². The van der Waals surface area contributed by atoms with Crippen LogP contribution >= 0.6 is 11.8 Å². The van der Waals surface area contributed by atoms with Gasteiger partial charge < -0.3 is 4.74 Å². The molecule has 1 aromatic heterocycles. The number of hydrogen-bond donors (Lipinski definition) is 0. The number of hydrazone groups is 1. The number of hydrogen-bond acceptors (Lipinski definition) is 6. The van der Waals surface area contributed by atoms with E-state index in [1.54, 1.807) is 31.3 Å². The summed E-state index contributed by atoms with van der Waals surface area (Å²) in [4.78, 5) is 8.53. The molecule has 0 spiro atoms. The zero-order valence-corrected chi connectivity index (χ0v) is 15.6. The minimum Gasteiger partial charge on any atom is -0.496 e. The van der Waals surface area contributed by atoms with E-state index in [1.165, 1.54) is 19.3 Å². The molecule has 0 N–H and O–H groups in total. The van der Waals surface area contributed by atoms with E-state index in [-0.39, 0.29) is 0 Å². The van der Waals surface area contributed by atoms with Crippen molar-refractivity contribution in [3.63, 3.8) is 0 Å². The summed E-state index contributed by atoms with van der Waals surface area (Å²) < 4.78 is 5.51. The zero-order chi connectivity index (χ0) is 17.5. The van der Waals surface area contributed by atoms with Crippen LogP contribution in [-0.4, -0.2) is 40.9 Å². The standard InChI is InChI=1S/C19H24N4OS/c1-15(22-23-11-4-3-5-12-23)16-7-8-18(24-2)17(13-16)14-25-19-20-9-6-10-21-19/h6-10,13H,3-5,11-12,14H2,1-2H3/b22-15+. The van der Waals surface area contributed by atoms with Gasteiger partial charge in [0.15, 0.2) is 5.16 Å². The Morgan fingerprint density at radius 3 is 2.68 bits per heavy atom. The SMILES string of the molecule is COc1ccc(/C(C)=N/N2CCCCC2)cc1CSc1ncccn1. The Labute approximate surface area is 153 Å². The average Bonchev–Trinajstić information content (AvgIpc) is 2.67. The van der Waals surface area contributed by atoms with Crippen molar-refractivity contribution in [2.45, 2.75) is 37.1 Å². The summed E-state index contributed by atoms with van der Waals surface area (Å²) in [5.74, 6) is 1.65. The highest BCUT2D eigenvalue weighted by atomic mass is 32.2. The molecule has 0 radical (unpaired) electrons. The molecule has 0 aliphatic carbocycles. The van der Waals surface area contributed by atoms with Crippen LogP contribution in [0.15, 0.2) is 46.9 Å². The Morgan fingerprint density at radius 1 is 1.20 bits per heavy atom. The van der Waals surface area contributed by atoms with Crippen LogP contribution in [0, 0.1) is 0 Å². The van der Waals surface area contributed by atoms with Crippen LogP contribution in [0.5, 0.6) is 5.75 Å². The molecule has 1 aliphatic heterocycles. The Kier molecular flexibility index (Phi) is 6.28. The summed E-state index contributed by atoms with van der Waals surface area (Å²) in [6.07, 6.45) is 7.31. The van der Waals surface area contributed by atoms with Crippen molar-refractivity contribution >= 4 is 17.5 Å². The minimum atomic E-state index is 0.762. The smallest absolute Gasteiger partial charge is 0.187 e. The first kappa shape index (κ1) is 17.7. The van der Waals surface area contributed by atoms with E-state index in [0.717, 1.165) is 46.6 Å². The third-order valence-corrected chi connectivity index (χ3v) is 5.15. The highest BCUT2D eigenvalue weighted by molar-refractivity contribution is 7.98. The maximum atomic E-state index is 5.51. The molecular weight excluding hydrogens is 332 g/mol. The number of aromatic nitrogens is 2. The van der Waals surface area contributed by atoms with Gasteiger partial charge >= 0.3 is 0 Å². The zero-order valence-electron chi connectivity index (χ0n) is 14.8. The third kappa shape index (κ3) is 4.95. The number of methoxy groups -OCH3 is 1. The topological polar surface area (TPSA) is 50.6 Å². The molecule has 0 saturated carbocycles. The third-order valence-electron chi connectivity index (χ3n) is 4.22. The Balaban J connectivity index is 1.75. The fourth-order valence-corrected chi connectivity index (χ4v) is 3.65. The second kappa shape index (κ2) is 8.85. The Hall–Kier alpha value is -2.08. The van der Waals surface area contributed by atoms with Gasteiger partial charge in [-0.05, 0) is 56.0 Å². The molecule has 0 atom stereocenters. The van der Waals surface area contributed by atoms with Gasteiger partial charge in [0, 0.05) is 36.8 Å². The molecule has 5 nitrogen and oxygen atoms in total. The molecule has 3 rings (SSSR count). The van der Waals surface area contributed by atoms with E-state index in [2.05, 4.69) is 34.0 Å². The summed E-state index contributed by atoms with van der Waals surface area (Å²) in [6, 6.07) is 8.09. The van der Waals surface area contributed by atoms with Gasteiger partial charge in [0.1, 0.15) is 5.75 Å². The number of ether oxygens (including phenoxy) is 1. The van der Waals surface area contributed by atoms with Gasteiger partial charge in [-0.2, -0.15) is 5.10 Å². The summed E-state index contributed by atoms with van der Waals surface area (Å²) in [6.45, 7) is 4.19. The second-order valence-corrected chi connectivity index (χ2v) is 6.99. The highest BCUT2D eigenvalue weighted by Gasteiger charge is 2.11. The predicted molar refractivity (Wildman–Crippen MR) is 102 cm³/mol. The summed E-state index contributed by atoms with van der Waals surface area (Å²) >= 11 is 1.61. The Morgan fingerprint density at radius 2 is 1.96 bits per heavy atom. The number of thioether (sulfide) groups is 1. The predicted octanol–water partition coefficient (Wildman–Crippen LogP) is 3.99. The lowest BCUT2D eigenvalue weighted by Crippen LogP contribution is -2.25. The first-order valence-corrected chi connectivity index (χ1v) is 9.62. The molecule has 0 amide bonds. The van der Waals surface area contributed by atoms with Crippen molar-refractivity contribution < 1.29 is 4.74 Å². The summed E-state index contributed by atoms with van der Waals surface area (Å²) in [5.41, 5.74) is 3.31. The van der Waals surface area contributed by atoms with Crippen LogP contribution in [0.3, 0.4) is 0 Å². The minimum absolute atomic E-state index is 0.762. The van der Waals surface area contributed by atoms with E-state index < -0.39 is 0 Å². The van der Waals surface area contributed by atoms with Gasteiger partial charge in [0.2, 0.25) is 0 Å². The highest BCUT2D eigenvalue weighted by Crippen LogP contribution is 2.27. The molecule has 0 bridgehead atoms. The number of benzene rings is 1. The van der Waals surface area contributed by atoms with Gasteiger partial charge in [-0.3, -0.25) is 5.01 Å². The molecule has 0 unspecified atom stereocenters. The van der Waals surface area contributed by atoms with E-state index in [0.29, 0.717) is 0 Å². The molecule has 6 heteroatoms. The van der Waals surface area contributed by atoms with Crippen molar-refractivity contribution in [3.05, 3.63) is 47.8 Å².